The Kier molecular flexibility index (Phi) is 9.30. The van der Waals surface area contributed by atoms with Crippen molar-refractivity contribution in [2.75, 3.05) is 13.2 Å². The number of ether oxygens (including phenoxy) is 2. The van der Waals surface area contributed by atoms with Crippen molar-refractivity contribution in [3.8, 4) is 0 Å². The Morgan fingerprint density at radius 1 is 1.11 bits per heavy atom. The van der Waals surface area contributed by atoms with Gasteiger partial charge >= 0.3 is 11.9 Å². The second kappa shape index (κ2) is 10.2. The number of unbranched alkanes of at least 4 members (excludes halogenated alkanes) is 2. The van der Waals surface area contributed by atoms with Crippen molar-refractivity contribution in [3.05, 3.63) is 24.3 Å². The molecule has 0 unspecified atom stereocenters. The van der Waals surface area contributed by atoms with E-state index >= 15 is 0 Å². The minimum atomic E-state index is -1.18. The van der Waals surface area contributed by atoms with E-state index in [1.54, 1.807) is 0 Å². The minimum Gasteiger partial charge on any atom is -0.460 e. The van der Waals surface area contributed by atoms with Gasteiger partial charge in [0.1, 0.15) is 0 Å². The molecule has 0 aromatic rings. The van der Waals surface area contributed by atoms with Gasteiger partial charge in [-0.1, -0.05) is 19.9 Å². The molecule has 0 spiro atoms. The van der Waals surface area contributed by atoms with Crippen LogP contribution in [0.1, 0.15) is 32.6 Å². The lowest BCUT2D eigenvalue weighted by molar-refractivity contribution is -0.141. The third-order valence-electron chi connectivity index (χ3n) is 2.05. The molecular formula is C13H18F2O4. The van der Waals surface area contributed by atoms with Gasteiger partial charge in [-0.3, -0.25) is 0 Å². The fourth-order valence-electron chi connectivity index (χ4n) is 1.02. The monoisotopic (exact) mass is 276 g/mol. The quantitative estimate of drug-likeness (QED) is 0.369. The van der Waals surface area contributed by atoms with E-state index in [9.17, 15) is 18.4 Å². The molecule has 6 heteroatoms. The number of rotatable bonds is 9. The number of allylic oxidation sites excluding steroid dienone is 1. The Morgan fingerprint density at radius 3 is 2.26 bits per heavy atom. The average Bonchev–Trinajstić information content (AvgIpc) is 2.37. The number of hydrogen-bond donors (Lipinski definition) is 0. The zero-order valence-electron chi connectivity index (χ0n) is 10.9. The van der Waals surface area contributed by atoms with E-state index in [4.69, 9.17) is 0 Å². The Balaban J connectivity index is 3.77. The van der Waals surface area contributed by atoms with E-state index in [1.807, 2.05) is 6.92 Å². The Morgan fingerprint density at radius 2 is 1.68 bits per heavy atom. The van der Waals surface area contributed by atoms with Gasteiger partial charge in [-0.2, -0.15) is 8.78 Å². The predicted octanol–water partition coefficient (Wildman–Crippen LogP) is 2.99. The fourth-order valence-corrected chi connectivity index (χ4v) is 1.02. The summed E-state index contributed by atoms with van der Waals surface area (Å²) in [6, 6.07) is 0. The van der Waals surface area contributed by atoms with Crippen LogP contribution in [-0.2, 0) is 19.1 Å². The maximum atomic E-state index is 13.1. The normalized spacial score (nSPS) is 11.0. The summed E-state index contributed by atoms with van der Waals surface area (Å²) >= 11 is 0. The predicted molar refractivity (Wildman–Crippen MR) is 65.5 cm³/mol. The molecule has 0 saturated heterocycles. The Labute approximate surface area is 111 Å². The maximum absolute atomic E-state index is 13.1. The highest BCUT2D eigenvalue weighted by atomic mass is 19.1. The molecule has 0 aromatic carbocycles. The summed E-state index contributed by atoms with van der Waals surface area (Å²) in [5.41, 5.74) is 0. The van der Waals surface area contributed by atoms with Gasteiger partial charge in [-0.15, -0.1) is 0 Å². The van der Waals surface area contributed by atoms with Gasteiger partial charge in [0.25, 0.3) is 0 Å². The molecule has 0 saturated carbocycles. The van der Waals surface area contributed by atoms with Gasteiger partial charge in [-0.05, 0) is 25.3 Å². The zero-order valence-corrected chi connectivity index (χ0v) is 10.9. The van der Waals surface area contributed by atoms with Crippen LogP contribution < -0.4 is 0 Å². The third kappa shape index (κ3) is 8.93. The minimum absolute atomic E-state index is 0.0730. The average molecular weight is 276 g/mol. The van der Waals surface area contributed by atoms with E-state index in [2.05, 4.69) is 16.1 Å². The molecule has 0 aromatic heterocycles. The lowest BCUT2D eigenvalue weighted by Gasteiger charge is -2.02. The Bertz CT molecular complexity index is 351. The standard InChI is InChI=1S/C13H18F2O4/c1-3-4-8-19-13(17)11(15)7-5-6-9-18-12(16)10(2)14/h7H,2-6,8-9H2,1H3/b11-7-. The van der Waals surface area contributed by atoms with Gasteiger partial charge in [0.15, 0.2) is 0 Å². The summed E-state index contributed by atoms with van der Waals surface area (Å²) in [6.07, 6.45) is 3.04. The van der Waals surface area contributed by atoms with Crippen molar-refractivity contribution in [1.29, 1.82) is 0 Å². The molecule has 0 heterocycles. The highest BCUT2D eigenvalue weighted by Gasteiger charge is 2.09. The van der Waals surface area contributed by atoms with Crippen LogP contribution >= 0.6 is 0 Å². The van der Waals surface area contributed by atoms with Crippen LogP contribution in [-0.4, -0.2) is 25.2 Å². The maximum Gasteiger partial charge on any atom is 0.366 e. The van der Waals surface area contributed by atoms with Crippen LogP contribution in [0.15, 0.2) is 24.3 Å². The van der Waals surface area contributed by atoms with Gasteiger partial charge in [0.05, 0.1) is 13.2 Å². The van der Waals surface area contributed by atoms with Crippen LogP contribution in [0.5, 0.6) is 0 Å². The molecule has 0 atom stereocenters. The fraction of sp³-hybridized carbons (Fsp3) is 0.538. The second-order valence-corrected chi connectivity index (χ2v) is 3.72. The number of hydrogen-bond acceptors (Lipinski definition) is 4. The van der Waals surface area contributed by atoms with E-state index in [-0.39, 0.29) is 26.1 Å². The van der Waals surface area contributed by atoms with Crippen LogP contribution in [0.4, 0.5) is 8.78 Å². The largest absolute Gasteiger partial charge is 0.460 e. The number of esters is 2. The first-order valence-corrected chi connectivity index (χ1v) is 6.03. The van der Waals surface area contributed by atoms with Crippen LogP contribution in [0.25, 0.3) is 0 Å². The number of carbonyl (C=O) groups excluding carboxylic acids is 2. The highest BCUT2D eigenvalue weighted by Crippen LogP contribution is 2.05. The Hall–Kier alpha value is -1.72. The van der Waals surface area contributed by atoms with Gasteiger partial charge in [0.2, 0.25) is 11.7 Å². The van der Waals surface area contributed by atoms with E-state index in [1.165, 1.54) is 0 Å². The molecule has 0 radical (unpaired) electrons. The molecule has 0 amide bonds. The lowest BCUT2D eigenvalue weighted by Crippen LogP contribution is -2.07. The summed E-state index contributed by atoms with van der Waals surface area (Å²) in [5.74, 6) is -4.29. The van der Waals surface area contributed by atoms with Crippen molar-refractivity contribution in [3.63, 3.8) is 0 Å². The van der Waals surface area contributed by atoms with Gasteiger partial charge in [-0.25, -0.2) is 9.59 Å². The molecule has 0 bridgehead atoms. The second-order valence-electron chi connectivity index (χ2n) is 3.72. The summed E-state index contributed by atoms with van der Waals surface area (Å²) in [7, 11) is 0. The van der Waals surface area contributed by atoms with Crippen molar-refractivity contribution in [2.45, 2.75) is 32.6 Å². The van der Waals surface area contributed by atoms with E-state index < -0.39 is 23.6 Å². The van der Waals surface area contributed by atoms with Crippen molar-refractivity contribution in [1.82, 2.24) is 0 Å². The zero-order chi connectivity index (χ0) is 14.7. The first kappa shape index (κ1) is 17.3. The van der Waals surface area contributed by atoms with Crippen molar-refractivity contribution >= 4 is 11.9 Å². The molecule has 0 aliphatic heterocycles. The molecular weight excluding hydrogens is 258 g/mol. The number of carbonyl (C=O) groups is 2. The van der Waals surface area contributed by atoms with Gasteiger partial charge < -0.3 is 9.47 Å². The SMILES string of the molecule is C=C(F)C(=O)OCCC/C=C(\F)C(=O)OCCCC. The summed E-state index contributed by atoms with van der Waals surface area (Å²) in [5, 5.41) is 0. The first-order valence-electron chi connectivity index (χ1n) is 6.03. The van der Waals surface area contributed by atoms with Crippen molar-refractivity contribution < 1.29 is 27.8 Å². The van der Waals surface area contributed by atoms with Crippen molar-refractivity contribution in [2.24, 2.45) is 0 Å². The molecule has 4 nitrogen and oxygen atoms in total. The molecule has 0 fully saturated rings. The smallest absolute Gasteiger partial charge is 0.366 e. The first-order chi connectivity index (χ1) is 8.99. The van der Waals surface area contributed by atoms with Gasteiger partial charge in [0, 0.05) is 0 Å². The molecule has 19 heavy (non-hydrogen) atoms. The molecule has 0 aliphatic rings. The van der Waals surface area contributed by atoms with Crippen LogP contribution in [0.2, 0.25) is 0 Å². The van der Waals surface area contributed by atoms with E-state index in [0.29, 0.717) is 6.42 Å². The number of halogens is 2. The molecule has 0 rings (SSSR count). The lowest BCUT2D eigenvalue weighted by atomic mass is 10.3. The van der Waals surface area contributed by atoms with E-state index in [0.717, 1.165) is 12.5 Å². The summed E-state index contributed by atoms with van der Waals surface area (Å²) in [4.78, 5) is 21.7. The molecule has 0 aliphatic carbocycles. The van der Waals surface area contributed by atoms with Crippen LogP contribution in [0.3, 0.4) is 0 Å². The molecule has 108 valence electrons. The topological polar surface area (TPSA) is 52.6 Å². The summed E-state index contributed by atoms with van der Waals surface area (Å²) < 4.78 is 34.4. The highest BCUT2D eigenvalue weighted by molar-refractivity contribution is 5.86. The summed E-state index contributed by atoms with van der Waals surface area (Å²) in [6.45, 7) is 4.80. The molecule has 0 N–H and O–H groups in total. The van der Waals surface area contributed by atoms with Crippen LogP contribution in [0, 0.1) is 0 Å². The third-order valence-corrected chi connectivity index (χ3v) is 2.05.